The highest BCUT2D eigenvalue weighted by atomic mass is 16.5. The molecule has 2 aromatic heterocycles. The number of nitrogens with one attached hydrogen (secondary N) is 1. The summed E-state index contributed by atoms with van der Waals surface area (Å²) < 4.78 is 10.1. The molecule has 2 N–H and O–H groups in total. The van der Waals surface area contributed by atoms with Gasteiger partial charge in [-0.3, -0.25) is 4.79 Å². The number of furan rings is 1. The van der Waals surface area contributed by atoms with Crippen LogP contribution in [0.25, 0.3) is 11.4 Å². The van der Waals surface area contributed by atoms with Crippen LogP contribution in [0.4, 0.5) is 0 Å². The second kappa shape index (κ2) is 7.86. The minimum absolute atomic E-state index is 0.0294. The molecule has 0 bridgehead atoms. The molecule has 3 rings (SSSR count). The highest BCUT2D eigenvalue weighted by Gasteiger charge is 2.23. The molecular formula is C19H19N3O5. The summed E-state index contributed by atoms with van der Waals surface area (Å²) in [5.41, 5.74) is 3.08. The number of benzene rings is 1. The Hall–Kier alpha value is -3.42. The lowest BCUT2D eigenvalue weighted by Crippen LogP contribution is -2.34. The van der Waals surface area contributed by atoms with Crippen LogP contribution in [-0.2, 0) is 16.0 Å². The number of amides is 1. The van der Waals surface area contributed by atoms with Gasteiger partial charge in [0.05, 0.1) is 11.8 Å². The van der Waals surface area contributed by atoms with Gasteiger partial charge in [-0.1, -0.05) is 34.5 Å². The molecular weight excluding hydrogens is 350 g/mol. The fourth-order valence-corrected chi connectivity index (χ4v) is 2.78. The first-order valence-electron chi connectivity index (χ1n) is 8.38. The van der Waals surface area contributed by atoms with Crippen LogP contribution in [0, 0.1) is 13.8 Å². The van der Waals surface area contributed by atoms with Crippen LogP contribution in [0.15, 0.2) is 45.7 Å². The van der Waals surface area contributed by atoms with Crippen molar-refractivity contribution in [3.05, 3.63) is 59.4 Å². The Morgan fingerprint density at radius 2 is 1.96 bits per heavy atom. The summed E-state index contributed by atoms with van der Waals surface area (Å²) in [6.45, 7) is 3.76. The number of carbonyl (C=O) groups excluding carboxylic acids is 1. The van der Waals surface area contributed by atoms with E-state index in [1.807, 2.05) is 19.9 Å². The zero-order valence-corrected chi connectivity index (χ0v) is 14.9. The second-order valence-corrected chi connectivity index (χ2v) is 6.28. The van der Waals surface area contributed by atoms with Crippen molar-refractivity contribution in [2.24, 2.45) is 0 Å². The van der Waals surface area contributed by atoms with Gasteiger partial charge in [-0.25, -0.2) is 4.79 Å². The maximum Gasteiger partial charge on any atom is 0.330 e. The van der Waals surface area contributed by atoms with Gasteiger partial charge in [0.1, 0.15) is 6.26 Å². The van der Waals surface area contributed by atoms with E-state index >= 15 is 0 Å². The van der Waals surface area contributed by atoms with Crippen LogP contribution >= 0.6 is 0 Å². The van der Waals surface area contributed by atoms with E-state index in [0.717, 1.165) is 11.1 Å². The predicted octanol–water partition coefficient (Wildman–Crippen LogP) is 2.82. The smallest absolute Gasteiger partial charge is 0.330 e. The zero-order chi connectivity index (χ0) is 19.4. The molecule has 1 atom stereocenters. The van der Waals surface area contributed by atoms with Gasteiger partial charge in [0.2, 0.25) is 17.6 Å². The molecule has 1 amide bonds. The van der Waals surface area contributed by atoms with E-state index in [9.17, 15) is 14.7 Å². The lowest BCUT2D eigenvalue weighted by atomic mass is 10.0. The third-order valence-electron chi connectivity index (χ3n) is 3.94. The average molecular weight is 369 g/mol. The van der Waals surface area contributed by atoms with Gasteiger partial charge in [-0.2, -0.15) is 4.98 Å². The zero-order valence-electron chi connectivity index (χ0n) is 14.9. The van der Waals surface area contributed by atoms with Crippen LogP contribution in [0.2, 0.25) is 0 Å². The number of aryl methyl sites for hydroxylation is 3. The van der Waals surface area contributed by atoms with E-state index in [0.29, 0.717) is 22.8 Å². The molecule has 3 aromatic rings. The van der Waals surface area contributed by atoms with Crippen molar-refractivity contribution in [1.82, 2.24) is 15.5 Å². The first kappa shape index (κ1) is 18.4. The molecule has 0 aliphatic heterocycles. The highest BCUT2D eigenvalue weighted by Crippen LogP contribution is 2.19. The van der Waals surface area contributed by atoms with E-state index in [4.69, 9.17) is 8.94 Å². The molecule has 0 fully saturated rings. The van der Waals surface area contributed by atoms with Crippen molar-refractivity contribution in [3.8, 4) is 11.4 Å². The topological polar surface area (TPSA) is 118 Å². The number of rotatable bonds is 7. The van der Waals surface area contributed by atoms with Gasteiger partial charge in [-0.05, 0) is 25.5 Å². The molecule has 8 heteroatoms. The van der Waals surface area contributed by atoms with Crippen molar-refractivity contribution in [2.75, 3.05) is 0 Å². The lowest BCUT2D eigenvalue weighted by molar-refractivity contribution is -0.142. The summed E-state index contributed by atoms with van der Waals surface area (Å²) in [7, 11) is 0. The number of aromatic nitrogens is 2. The van der Waals surface area contributed by atoms with Gasteiger partial charge in [-0.15, -0.1) is 0 Å². The standard InChI is InChI=1S/C19H19N3O5/c1-11-7-12(2)9-14(8-11)17(19(24)25)20-15(23)3-4-16-21-18(22-27-16)13-5-6-26-10-13/h5-10,17H,3-4H2,1-2H3,(H,20,23)(H,24,25). The van der Waals surface area contributed by atoms with Gasteiger partial charge < -0.3 is 19.4 Å². The van der Waals surface area contributed by atoms with Gasteiger partial charge >= 0.3 is 5.97 Å². The number of carboxylic acids is 1. The number of hydrogen-bond donors (Lipinski definition) is 2. The third-order valence-corrected chi connectivity index (χ3v) is 3.94. The van der Waals surface area contributed by atoms with E-state index in [1.54, 1.807) is 18.2 Å². The molecule has 2 heterocycles. The predicted molar refractivity (Wildman–Crippen MR) is 94.8 cm³/mol. The summed E-state index contributed by atoms with van der Waals surface area (Å²) >= 11 is 0. The fourth-order valence-electron chi connectivity index (χ4n) is 2.78. The minimum atomic E-state index is -1.12. The Kier molecular flexibility index (Phi) is 5.35. The molecule has 0 spiro atoms. The summed E-state index contributed by atoms with van der Waals surface area (Å²) in [5.74, 6) is -0.865. The molecule has 27 heavy (non-hydrogen) atoms. The Morgan fingerprint density at radius 3 is 2.59 bits per heavy atom. The van der Waals surface area contributed by atoms with Crippen molar-refractivity contribution < 1.29 is 23.6 Å². The molecule has 0 saturated carbocycles. The molecule has 140 valence electrons. The SMILES string of the molecule is Cc1cc(C)cc(C(NC(=O)CCc2nc(-c3ccoc3)no2)C(=O)O)c1. The molecule has 1 aromatic carbocycles. The van der Waals surface area contributed by atoms with Crippen LogP contribution in [0.3, 0.4) is 0 Å². The van der Waals surface area contributed by atoms with E-state index in [-0.39, 0.29) is 12.8 Å². The van der Waals surface area contributed by atoms with Crippen molar-refractivity contribution in [2.45, 2.75) is 32.7 Å². The molecule has 0 aliphatic carbocycles. The van der Waals surface area contributed by atoms with Crippen LogP contribution in [0.1, 0.15) is 35.0 Å². The minimum Gasteiger partial charge on any atom is -0.479 e. The third kappa shape index (κ3) is 4.60. The number of hydrogen-bond acceptors (Lipinski definition) is 6. The quantitative estimate of drug-likeness (QED) is 0.657. The molecule has 0 aliphatic rings. The Labute approximate surface area is 155 Å². The van der Waals surface area contributed by atoms with E-state index < -0.39 is 17.9 Å². The van der Waals surface area contributed by atoms with Crippen LogP contribution < -0.4 is 5.32 Å². The summed E-state index contributed by atoms with van der Waals surface area (Å²) in [6.07, 6.45) is 3.22. The van der Waals surface area contributed by atoms with Gasteiger partial charge in [0.15, 0.2) is 6.04 Å². The second-order valence-electron chi connectivity index (χ2n) is 6.28. The average Bonchev–Trinajstić information content (AvgIpc) is 3.27. The van der Waals surface area contributed by atoms with Crippen molar-refractivity contribution in [3.63, 3.8) is 0 Å². The molecule has 1 unspecified atom stereocenters. The molecule has 0 radical (unpaired) electrons. The molecule has 8 nitrogen and oxygen atoms in total. The monoisotopic (exact) mass is 369 g/mol. The number of carboxylic acid groups (broad SMARTS) is 1. The summed E-state index contributed by atoms with van der Waals surface area (Å²) in [5, 5.41) is 15.9. The van der Waals surface area contributed by atoms with Gasteiger partial charge in [0.25, 0.3) is 0 Å². The Morgan fingerprint density at radius 1 is 1.22 bits per heavy atom. The Bertz CT molecular complexity index is 926. The van der Waals surface area contributed by atoms with Crippen LogP contribution in [0.5, 0.6) is 0 Å². The normalized spacial score (nSPS) is 11.9. The number of aliphatic carboxylic acids is 1. The highest BCUT2D eigenvalue weighted by molar-refractivity contribution is 5.84. The maximum atomic E-state index is 12.2. The van der Waals surface area contributed by atoms with E-state index in [2.05, 4.69) is 15.5 Å². The van der Waals surface area contributed by atoms with Crippen molar-refractivity contribution >= 4 is 11.9 Å². The van der Waals surface area contributed by atoms with Crippen LogP contribution in [-0.4, -0.2) is 27.1 Å². The van der Waals surface area contributed by atoms with Gasteiger partial charge in [0, 0.05) is 12.8 Å². The summed E-state index contributed by atoms with van der Waals surface area (Å²) in [4.78, 5) is 28.0. The number of carbonyl (C=O) groups is 2. The largest absolute Gasteiger partial charge is 0.479 e. The van der Waals surface area contributed by atoms with E-state index in [1.165, 1.54) is 12.5 Å². The first-order valence-corrected chi connectivity index (χ1v) is 8.38. The van der Waals surface area contributed by atoms with Crippen molar-refractivity contribution in [1.29, 1.82) is 0 Å². The molecule has 0 saturated heterocycles. The summed E-state index contributed by atoms with van der Waals surface area (Å²) in [6, 6.07) is 6.03. The Balaban J connectivity index is 1.62. The maximum absolute atomic E-state index is 12.2. The number of nitrogens with zero attached hydrogens (tertiary/aromatic N) is 2. The lowest BCUT2D eigenvalue weighted by Gasteiger charge is -2.16. The fraction of sp³-hybridized carbons (Fsp3) is 0.263. The first-order chi connectivity index (χ1) is 12.9.